The molecule has 6 heteroatoms. The quantitative estimate of drug-likeness (QED) is 0.720. The molecule has 16 heavy (non-hydrogen) atoms. The molecule has 1 saturated heterocycles. The zero-order valence-corrected chi connectivity index (χ0v) is 9.56. The predicted molar refractivity (Wildman–Crippen MR) is 57.2 cm³/mol. The minimum Gasteiger partial charge on any atom is -0.464 e. The normalized spacial score (nSPS) is 17.4. The van der Waals surface area contributed by atoms with Gasteiger partial charge in [0, 0.05) is 13.0 Å². The molecule has 2 heterocycles. The second-order valence-electron chi connectivity index (χ2n) is 3.96. The fourth-order valence-corrected chi connectivity index (χ4v) is 2.16. The van der Waals surface area contributed by atoms with Gasteiger partial charge in [0.15, 0.2) is 5.69 Å². The molecule has 0 saturated carbocycles. The number of carbonyl (C=O) groups is 1. The van der Waals surface area contributed by atoms with Crippen molar-refractivity contribution in [2.75, 3.05) is 20.2 Å². The van der Waals surface area contributed by atoms with E-state index in [1.165, 1.54) is 7.11 Å². The molecule has 1 aromatic rings. The molecule has 1 fully saturated rings. The second kappa shape index (κ2) is 4.61. The number of esters is 1. The molecule has 0 radical (unpaired) electrons. The summed E-state index contributed by atoms with van der Waals surface area (Å²) in [6, 6.07) is 0. The van der Waals surface area contributed by atoms with Crippen LogP contribution < -0.4 is 5.32 Å². The van der Waals surface area contributed by atoms with Crippen LogP contribution in [-0.2, 0) is 11.8 Å². The van der Waals surface area contributed by atoms with Gasteiger partial charge in [0.2, 0.25) is 0 Å². The van der Waals surface area contributed by atoms with E-state index in [4.69, 9.17) is 4.74 Å². The number of rotatable bonds is 2. The largest absolute Gasteiger partial charge is 0.464 e. The third-order valence-electron chi connectivity index (χ3n) is 2.97. The molecular formula is C10H16N4O2. The molecule has 88 valence electrons. The first kappa shape index (κ1) is 11.1. The molecule has 1 aromatic heterocycles. The topological polar surface area (TPSA) is 69.0 Å². The van der Waals surface area contributed by atoms with Crippen LogP contribution in [0.5, 0.6) is 0 Å². The van der Waals surface area contributed by atoms with E-state index < -0.39 is 5.97 Å². The van der Waals surface area contributed by atoms with Crippen molar-refractivity contribution in [2.24, 2.45) is 7.05 Å². The standard InChI is InChI=1S/C10H16N4O2/c1-14-9(7-3-5-11-6-4-7)8(12-13-14)10(15)16-2/h7,11H,3-6H2,1-2H3. The number of ether oxygens (including phenoxy) is 1. The van der Waals surface area contributed by atoms with Crippen LogP contribution in [0.15, 0.2) is 0 Å². The van der Waals surface area contributed by atoms with Gasteiger partial charge in [-0.05, 0) is 25.9 Å². The number of methoxy groups -OCH3 is 1. The lowest BCUT2D eigenvalue weighted by Gasteiger charge is -2.22. The summed E-state index contributed by atoms with van der Waals surface area (Å²) in [6.45, 7) is 1.94. The second-order valence-corrected chi connectivity index (χ2v) is 3.96. The fourth-order valence-electron chi connectivity index (χ4n) is 2.16. The Hall–Kier alpha value is -1.43. The third kappa shape index (κ3) is 1.92. The zero-order chi connectivity index (χ0) is 11.5. The molecule has 0 bridgehead atoms. The van der Waals surface area contributed by atoms with E-state index in [0.29, 0.717) is 11.6 Å². The maximum absolute atomic E-state index is 11.5. The summed E-state index contributed by atoms with van der Waals surface area (Å²) >= 11 is 0. The van der Waals surface area contributed by atoms with Gasteiger partial charge in [0.1, 0.15) is 0 Å². The van der Waals surface area contributed by atoms with E-state index in [2.05, 4.69) is 15.6 Å². The Kier molecular flexibility index (Phi) is 3.19. The third-order valence-corrected chi connectivity index (χ3v) is 2.97. The van der Waals surface area contributed by atoms with E-state index >= 15 is 0 Å². The molecule has 2 rings (SSSR count). The summed E-state index contributed by atoms with van der Waals surface area (Å²) in [4.78, 5) is 11.5. The van der Waals surface area contributed by atoms with Crippen LogP contribution in [0.2, 0.25) is 0 Å². The number of aryl methyl sites for hydroxylation is 1. The van der Waals surface area contributed by atoms with E-state index in [9.17, 15) is 4.79 Å². The first-order chi connectivity index (χ1) is 7.74. The highest BCUT2D eigenvalue weighted by molar-refractivity contribution is 5.88. The summed E-state index contributed by atoms with van der Waals surface area (Å²) in [7, 11) is 3.18. The number of aromatic nitrogens is 3. The molecule has 1 aliphatic heterocycles. The van der Waals surface area contributed by atoms with Gasteiger partial charge >= 0.3 is 5.97 Å². The highest BCUT2D eigenvalue weighted by Crippen LogP contribution is 2.26. The predicted octanol–water partition coefficient (Wildman–Crippen LogP) is 0.0687. The van der Waals surface area contributed by atoms with Gasteiger partial charge in [-0.3, -0.25) is 4.68 Å². The van der Waals surface area contributed by atoms with E-state index in [0.717, 1.165) is 31.6 Å². The van der Waals surface area contributed by atoms with Gasteiger partial charge in [0.05, 0.1) is 12.8 Å². The summed E-state index contributed by atoms with van der Waals surface area (Å²) in [6.07, 6.45) is 2.01. The molecule has 1 aliphatic rings. The lowest BCUT2D eigenvalue weighted by atomic mass is 9.93. The van der Waals surface area contributed by atoms with Crippen LogP contribution in [-0.4, -0.2) is 41.2 Å². The van der Waals surface area contributed by atoms with Gasteiger partial charge in [-0.1, -0.05) is 5.21 Å². The van der Waals surface area contributed by atoms with E-state index in [-0.39, 0.29) is 0 Å². The molecule has 0 aromatic carbocycles. The Morgan fingerprint density at radius 1 is 1.50 bits per heavy atom. The minimum atomic E-state index is -0.401. The Balaban J connectivity index is 2.30. The average molecular weight is 224 g/mol. The van der Waals surface area contributed by atoms with E-state index in [1.807, 2.05) is 7.05 Å². The number of nitrogens with one attached hydrogen (secondary N) is 1. The average Bonchev–Trinajstić information content (AvgIpc) is 2.71. The SMILES string of the molecule is COC(=O)c1nnn(C)c1C1CCNCC1. The highest BCUT2D eigenvalue weighted by Gasteiger charge is 2.27. The molecule has 6 nitrogen and oxygen atoms in total. The van der Waals surface area contributed by atoms with Crippen LogP contribution in [0.3, 0.4) is 0 Å². The molecule has 1 N–H and O–H groups in total. The van der Waals surface area contributed by atoms with Crippen LogP contribution in [0.4, 0.5) is 0 Å². The van der Waals surface area contributed by atoms with Crippen molar-refractivity contribution in [1.29, 1.82) is 0 Å². The number of hydrogen-bond donors (Lipinski definition) is 1. The number of nitrogens with zero attached hydrogens (tertiary/aromatic N) is 3. The van der Waals surface area contributed by atoms with Crippen molar-refractivity contribution in [3.05, 3.63) is 11.4 Å². The lowest BCUT2D eigenvalue weighted by molar-refractivity contribution is 0.0591. The number of carbonyl (C=O) groups excluding carboxylic acids is 1. The summed E-state index contributed by atoms with van der Waals surface area (Å²) in [5.41, 5.74) is 1.25. The van der Waals surface area contributed by atoms with Gasteiger partial charge in [-0.15, -0.1) is 5.10 Å². The van der Waals surface area contributed by atoms with Crippen molar-refractivity contribution in [3.8, 4) is 0 Å². The Bertz CT molecular complexity index is 382. The van der Waals surface area contributed by atoms with Crippen molar-refractivity contribution in [3.63, 3.8) is 0 Å². The monoisotopic (exact) mass is 224 g/mol. The highest BCUT2D eigenvalue weighted by atomic mass is 16.5. The molecule has 0 amide bonds. The smallest absolute Gasteiger partial charge is 0.360 e. The Labute approximate surface area is 94.0 Å². The zero-order valence-electron chi connectivity index (χ0n) is 9.56. The van der Waals surface area contributed by atoms with Gasteiger partial charge in [0.25, 0.3) is 0 Å². The van der Waals surface area contributed by atoms with Crippen LogP contribution >= 0.6 is 0 Å². The van der Waals surface area contributed by atoms with Crippen molar-refractivity contribution in [2.45, 2.75) is 18.8 Å². The lowest BCUT2D eigenvalue weighted by Crippen LogP contribution is -2.28. The first-order valence-corrected chi connectivity index (χ1v) is 5.42. The molecule has 0 unspecified atom stereocenters. The maximum Gasteiger partial charge on any atom is 0.360 e. The van der Waals surface area contributed by atoms with E-state index in [1.54, 1.807) is 4.68 Å². The summed E-state index contributed by atoms with van der Waals surface area (Å²) in [5.74, 6) is -0.0583. The molecular weight excluding hydrogens is 208 g/mol. The molecule has 0 aliphatic carbocycles. The van der Waals surface area contributed by atoms with Gasteiger partial charge < -0.3 is 10.1 Å². The summed E-state index contributed by atoms with van der Waals surface area (Å²) in [5, 5.41) is 11.1. The van der Waals surface area contributed by atoms with Gasteiger partial charge in [-0.25, -0.2) is 4.79 Å². The number of piperidine rings is 1. The molecule has 0 spiro atoms. The Morgan fingerprint density at radius 3 is 2.81 bits per heavy atom. The van der Waals surface area contributed by atoms with Crippen molar-refractivity contribution >= 4 is 5.97 Å². The molecule has 0 atom stereocenters. The van der Waals surface area contributed by atoms with Crippen LogP contribution in [0.25, 0.3) is 0 Å². The van der Waals surface area contributed by atoms with Crippen molar-refractivity contribution < 1.29 is 9.53 Å². The number of hydrogen-bond acceptors (Lipinski definition) is 5. The van der Waals surface area contributed by atoms with Crippen molar-refractivity contribution in [1.82, 2.24) is 20.3 Å². The fraction of sp³-hybridized carbons (Fsp3) is 0.700. The minimum absolute atomic E-state index is 0.343. The van der Waals surface area contributed by atoms with Crippen LogP contribution in [0.1, 0.15) is 34.9 Å². The maximum atomic E-state index is 11.5. The van der Waals surface area contributed by atoms with Gasteiger partial charge in [-0.2, -0.15) is 0 Å². The first-order valence-electron chi connectivity index (χ1n) is 5.42. The van der Waals surface area contributed by atoms with Crippen LogP contribution in [0, 0.1) is 0 Å². The Morgan fingerprint density at radius 2 is 2.19 bits per heavy atom. The summed E-state index contributed by atoms with van der Waals surface area (Å²) < 4.78 is 6.39.